The molecule has 0 saturated carbocycles. The lowest BCUT2D eigenvalue weighted by atomic mass is 9.95. The third kappa shape index (κ3) is 3.00. The van der Waals surface area contributed by atoms with Crippen LogP contribution in [0.15, 0.2) is 88.9 Å². The van der Waals surface area contributed by atoms with Gasteiger partial charge in [0.2, 0.25) is 0 Å². The van der Waals surface area contributed by atoms with Gasteiger partial charge in [0.25, 0.3) is 11.8 Å². The van der Waals surface area contributed by atoms with E-state index in [1.165, 1.54) is 5.01 Å². The highest BCUT2D eigenvalue weighted by atomic mass is 79.9. The van der Waals surface area contributed by atoms with Gasteiger partial charge in [0.15, 0.2) is 0 Å². The molecule has 0 radical (unpaired) electrons. The Morgan fingerprint density at radius 2 is 1.38 bits per heavy atom. The van der Waals surface area contributed by atoms with Crippen LogP contribution in [0.3, 0.4) is 0 Å². The number of nitrogens with zero attached hydrogens (tertiary/aromatic N) is 1. The van der Waals surface area contributed by atoms with Crippen molar-refractivity contribution in [1.82, 2.24) is 5.43 Å². The van der Waals surface area contributed by atoms with Gasteiger partial charge in [-0.25, -0.2) is 5.01 Å². The third-order valence-corrected chi connectivity index (χ3v) is 5.61. The van der Waals surface area contributed by atoms with E-state index in [0.717, 1.165) is 31.6 Å². The molecule has 1 heterocycles. The van der Waals surface area contributed by atoms with Crippen molar-refractivity contribution in [2.45, 2.75) is 0 Å². The summed E-state index contributed by atoms with van der Waals surface area (Å²) in [5, 5.41) is 5.42. The first-order chi connectivity index (χ1) is 14.1. The topological polar surface area (TPSA) is 49.4 Å². The lowest BCUT2D eigenvalue weighted by Crippen LogP contribution is -2.35. The van der Waals surface area contributed by atoms with Crippen LogP contribution in [0.1, 0.15) is 5.56 Å². The number of rotatable bonds is 2. The van der Waals surface area contributed by atoms with E-state index in [9.17, 15) is 9.59 Å². The van der Waals surface area contributed by atoms with Crippen molar-refractivity contribution in [3.05, 3.63) is 94.5 Å². The quantitative estimate of drug-likeness (QED) is 0.263. The van der Waals surface area contributed by atoms with Crippen LogP contribution in [-0.2, 0) is 9.59 Å². The van der Waals surface area contributed by atoms with E-state index in [1.54, 1.807) is 18.2 Å². The number of benzene rings is 4. The van der Waals surface area contributed by atoms with Gasteiger partial charge in [0, 0.05) is 4.47 Å². The van der Waals surface area contributed by atoms with Crippen LogP contribution in [0.5, 0.6) is 0 Å². The Morgan fingerprint density at radius 3 is 2.00 bits per heavy atom. The molecule has 0 bridgehead atoms. The standard InChI is InChI=1S/C24H15BrN2O2/c25-17-9-11-18(12-10-17)27-24(29)22(23(28)26-27)14-21-19-7-3-1-5-15(19)13-16-6-2-4-8-20(16)21/h1-14H,(H,26,28)/b22-14-. The summed E-state index contributed by atoms with van der Waals surface area (Å²) >= 11 is 3.38. The van der Waals surface area contributed by atoms with E-state index in [0.29, 0.717) is 5.69 Å². The van der Waals surface area contributed by atoms with Crippen LogP contribution in [-0.4, -0.2) is 11.8 Å². The molecule has 1 aliphatic heterocycles. The Kier molecular flexibility index (Phi) is 4.18. The number of hydrazine groups is 1. The maximum absolute atomic E-state index is 13.0. The highest BCUT2D eigenvalue weighted by molar-refractivity contribution is 9.10. The van der Waals surface area contributed by atoms with Gasteiger partial charge in [-0.3, -0.25) is 15.0 Å². The van der Waals surface area contributed by atoms with Crippen molar-refractivity contribution in [3.8, 4) is 0 Å². The van der Waals surface area contributed by atoms with Crippen molar-refractivity contribution in [1.29, 1.82) is 0 Å². The normalized spacial score (nSPS) is 15.5. The monoisotopic (exact) mass is 442 g/mol. The molecular formula is C24H15BrN2O2. The Morgan fingerprint density at radius 1 is 0.793 bits per heavy atom. The Bertz CT molecular complexity index is 1270. The first-order valence-electron chi connectivity index (χ1n) is 9.15. The molecule has 1 aliphatic rings. The second-order valence-electron chi connectivity index (χ2n) is 6.85. The van der Waals surface area contributed by atoms with Crippen molar-refractivity contribution >= 4 is 61.1 Å². The summed E-state index contributed by atoms with van der Waals surface area (Å²) < 4.78 is 0.900. The number of anilines is 1. The largest absolute Gasteiger partial charge is 0.282 e. The van der Waals surface area contributed by atoms with Crippen LogP contribution in [0.2, 0.25) is 0 Å². The number of amides is 2. The SMILES string of the molecule is O=C1NN(c2ccc(Br)cc2)C(=O)/C1=C\c1c2ccccc2cc2ccccc12. The number of halogens is 1. The highest BCUT2D eigenvalue weighted by Gasteiger charge is 2.34. The minimum Gasteiger partial charge on any atom is -0.267 e. The molecule has 0 spiro atoms. The number of carbonyl (C=O) groups is 2. The summed E-state index contributed by atoms with van der Waals surface area (Å²) in [7, 11) is 0. The van der Waals surface area contributed by atoms with Crippen molar-refractivity contribution in [2.75, 3.05) is 5.01 Å². The Balaban J connectivity index is 1.68. The maximum atomic E-state index is 13.0. The first-order valence-corrected chi connectivity index (χ1v) is 9.94. The van der Waals surface area contributed by atoms with E-state index in [1.807, 2.05) is 60.7 Å². The Labute approximate surface area is 175 Å². The van der Waals surface area contributed by atoms with Gasteiger partial charge < -0.3 is 0 Å². The first kappa shape index (κ1) is 17.6. The average molecular weight is 443 g/mol. The number of carbonyl (C=O) groups excluding carboxylic acids is 2. The van der Waals surface area contributed by atoms with E-state index in [-0.39, 0.29) is 11.5 Å². The molecule has 5 heteroatoms. The van der Waals surface area contributed by atoms with Gasteiger partial charge in [-0.05, 0) is 63.5 Å². The molecule has 0 unspecified atom stereocenters. The van der Waals surface area contributed by atoms with Crippen molar-refractivity contribution in [3.63, 3.8) is 0 Å². The molecule has 1 saturated heterocycles. The van der Waals surface area contributed by atoms with E-state index >= 15 is 0 Å². The molecule has 4 nitrogen and oxygen atoms in total. The van der Waals surface area contributed by atoms with Crippen LogP contribution in [0.25, 0.3) is 27.6 Å². The van der Waals surface area contributed by atoms with Crippen LogP contribution >= 0.6 is 15.9 Å². The lowest BCUT2D eigenvalue weighted by Gasteiger charge is -2.14. The minimum atomic E-state index is -0.407. The molecule has 1 N–H and O–H groups in total. The number of hydrogen-bond donors (Lipinski definition) is 1. The Hall–Kier alpha value is -3.44. The van der Waals surface area contributed by atoms with Gasteiger partial charge in [0.05, 0.1) is 5.69 Å². The molecule has 4 aromatic rings. The maximum Gasteiger partial charge on any atom is 0.282 e. The van der Waals surface area contributed by atoms with Crippen LogP contribution in [0.4, 0.5) is 5.69 Å². The molecular weight excluding hydrogens is 428 g/mol. The van der Waals surface area contributed by atoms with Gasteiger partial charge in [0.1, 0.15) is 5.57 Å². The zero-order chi connectivity index (χ0) is 20.0. The van der Waals surface area contributed by atoms with Crippen LogP contribution < -0.4 is 10.4 Å². The molecule has 2 amide bonds. The molecule has 1 fully saturated rings. The summed E-state index contributed by atoms with van der Waals surface area (Å²) in [6.07, 6.45) is 1.71. The fourth-order valence-electron chi connectivity index (χ4n) is 3.68. The number of fused-ring (bicyclic) bond motifs is 2. The zero-order valence-electron chi connectivity index (χ0n) is 15.2. The molecule has 0 atom stereocenters. The fourth-order valence-corrected chi connectivity index (χ4v) is 3.94. The smallest absolute Gasteiger partial charge is 0.267 e. The van der Waals surface area contributed by atoms with E-state index in [4.69, 9.17) is 0 Å². The summed E-state index contributed by atoms with van der Waals surface area (Å²) in [5.74, 6) is -0.774. The number of nitrogens with one attached hydrogen (secondary N) is 1. The minimum absolute atomic E-state index is 0.120. The third-order valence-electron chi connectivity index (χ3n) is 5.08. The average Bonchev–Trinajstić information content (AvgIpc) is 3.02. The number of hydrogen-bond acceptors (Lipinski definition) is 2. The summed E-state index contributed by atoms with van der Waals surface area (Å²) in [4.78, 5) is 25.7. The molecule has 4 aromatic carbocycles. The van der Waals surface area contributed by atoms with Gasteiger partial charge >= 0.3 is 0 Å². The summed E-state index contributed by atoms with van der Waals surface area (Å²) in [6.45, 7) is 0. The van der Waals surface area contributed by atoms with Crippen molar-refractivity contribution < 1.29 is 9.59 Å². The van der Waals surface area contributed by atoms with Crippen molar-refractivity contribution in [2.24, 2.45) is 0 Å². The second-order valence-corrected chi connectivity index (χ2v) is 7.76. The van der Waals surface area contributed by atoms with Gasteiger partial charge in [-0.1, -0.05) is 64.5 Å². The lowest BCUT2D eigenvalue weighted by molar-refractivity contribution is -0.117. The van der Waals surface area contributed by atoms with E-state index in [2.05, 4.69) is 27.4 Å². The summed E-state index contributed by atoms with van der Waals surface area (Å²) in [5.41, 5.74) is 4.27. The molecule has 140 valence electrons. The van der Waals surface area contributed by atoms with Crippen LogP contribution in [0, 0.1) is 0 Å². The summed E-state index contributed by atoms with van der Waals surface area (Å²) in [6, 6.07) is 25.3. The predicted molar refractivity (Wildman–Crippen MR) is 119 cm³/mol. The van der Waals surface area contributed by atoms with E-state index < -0.39 is 5.91 Å². The van der Waals surface area contributed by atoms with Gasteiger partial charge in [-0.15, -0.1) is 0 Å². The molecule has 0 aliphatic carbocycles. The fraction of sp³-hybridized carbons (Fsp3) is 0. The predicted octanol–water partition coefficient (Wildman–Crippen LogP) is 5.22. The molecule has 0 aromatic heterocycles. The molecule has 29 heavy (non-hydrogen) atoms. The second kappa shape index (κ2) is 6.87. The molecule has 5 rings (SSSR count). The highest BCUT2D eigenvalue weighted by Crippen LogP contribution is 2.31. The zero-order valence-corrected chi connectivity index (χ0v) is 16.8. The van der Waals surface area contributed by atoms with Gasteiger partial charge in [-0.2, -0.15) is 0 Å².